The summed E-state index contributed by atoms with van der Waals surface area (Å²) in [5, 5.41) is 13.5. The largest absolute Gasteiger partial charge is 0.394 e. The summed E-state index contributed by atoms with van der Waals surface area (Å²) in [6.07, 6.45) is 3.70. The summed E-state index contributed by atoms with van der Waals surface area (Å²) >= 11 is 0. The van der Waals surface area contributed by atoms with Crippen molar-refractivity contribution in [2.75, 3.05) is 53.4 Å². The van der Waals surface area contributed by atoms with Gasteiger partial charge in [0.2, 0.25) is 0 Å². The minimum Gasteiger partial charge on any atom is -0.394 e. The van der Waals surface area contributed by atoms with E-state index in [0.717, 1.165) is 32.7 Å². The lowest BCUT2D eigenvalue weighted by Crippen LogP contribution is -2.58. The zero-order chi connectivity index (χ0) is 14.3. The maximum Gasteiger partial charge on any atom is 0.0628 e. The van der Waals surface area contributed by atoms with E-state index in [4.69, 9.17) is 0 Å². The fraction of sp³-hybridized carbons (Fsp3) is 1.00. The molecule has 1 aliphatic rings. The lowest BCUT2D eigenvalue weighted by Gasteiger charge is -2.38. The molecule has 0 saturated heterocycles. The molecular weight excluding hydrogens is 238 g/mol. The summed E-state index contributed by atoms with van der Waals surface area (Å²) in [4.78, 5) is 4.74. The van der Waals surface area contributed by atoms with Crippen LogP contribution in [0.2, 0.25) is 0 Å². The van der Waals surface area contributed by atoms with Gasteiger partial charge in [0.05, 0.1) is 12.1 Å². The maximum absolute atomic E-state index is 9.91. The van der Waals surface area contributed by atoms with Crippen molar-refractivity contribution in [1.82, 2.24) is 15.1 Å². The molecule has 19 heavy (non-hydrogen) atoms. The van der Waals surface area contributed by atoms with Crippen LogP contribution in [0.15, 0.2) is 0 Å². The lowest BCUT2D eigenvalue weighted by molar-refractivity contribution is 0.0884. The molecule has 0 radical (unpaired) electrons. The van der Waals surface area contributed by atoms with Gasteiger partial charge in [-0.1, -0.05) is 13.8 Å². The van der Waals surface area contributed by atoms with E-state index in [1.807, 2.05) is 0 Å². The van der Waals surface area contributed by atoms with Gasteiger partial charge in [-0.15, -0.1) is 0 Å². The molecule has 4 nitrogen and oxygen atoms in total. The number of nitrogens with one attached hydrogen (secondary N) is 1. The Kier molecular flexibility index (Phi) is 7.29. The van der Waals surface area contributed by atoms with E-state index in [9.17, 15) is 5.11 Å². The Labute approximate surface area is 119 Å². The van der Waals surface area contributed by atoms with Gasteiger partial charge in [0, 0.05) is 19.6 Å². The summed E-state index contributed by atoms with van der Waals surface area (Å²) in [6, 6.07) is 0. The fourth-order valence-corrected chi connectivity index (χ4v) is 2.88. The Bertz CT molecular complexity index is 244. The van der Waals surface area contributed by atoms with E-state index in [2.05, 4.69) is 43.1 Å². The molecule has 4 heteroatoms. The zero-order valence-electron chi connectivity index (χ0n) is 13.3. The van der Waals surface area contributed by atoms with Crippen molar-refractivity contribution in [2.24, 2.45) is 5.92 Å². The van der Waals surface area contributed by atoms with Crippen LogP contribution in [0.1, 0.15) is 33.1 Å². The molecule has 2 N–H and O–H groups in total. The summed E-state index contributed by atoms with van der Waals surface area (Å²) in [7, 11) is 4.24. The third kappa shape index (κ3) is 5.38. The average Bonchev–Trinajstić information content (AvgIpc) is 3.20. The normalized spacial score (nSPS) is 19.1. The van der Waals surface area contributed by atoms with Crippen molar-refractivity contribution in [3.05, 3.63) is 0 Å². The summed E-state index contributed by atoms with van der Waals surface area (Å²) < 4.78 is 0. The molecule has 0 heterocycles. The number of rotatable bonds is 11. The summed E-state index contributed by atoms with van der Waals surface area (Å²) in [6.45, 7) is 9.82. The molecule has 0 aromatic carbocycles. The maximum atomic E-state index is 9.91. The molecule has 0 amide bonds. The van der Waals surface area contributed by atoms with Gasteiger partial charge in [-0.25, -0.2) is 0 Å². The van der Waals surface area contributed by atoms with Gasteiger partial charge in [0.25, 0.3) is 0 Å². The van der Waals surface area contributed by atoms with Crippen LogP contribution in [0.4, 0.5) is 0 Å². The molecule has 0 bridgehead atoms. The Hall–Kier alpha value is -0.160. The van der Waals surface area contributed by atoms with Gasteiger partial charge in [0.1, 0.15) is 0 Å². The zero-order valence-corrected chi connectivity index (χ0v) is 13.3. The lowest BCUT2D eigenvalue weighted by atomic mass is 9.93. The third-order valence-corrected chi connectivity index (χ3v) is 4.08. The minimum atomic E-state index is -0.0732. The average molecular weight is 271 g/mol. The number of aliphatic hydroxyl groups is 1. The molecule has 1 fully saturated rings. The van der Waals surface area contributed by atoms with Crippen molar-refractivity contribution in [2.45, 2.75) is 38.6 Å². The first-order chi connectivity index (χ1) is 9.07. The van der Waals surface area contributed by atoms with Gasteiger partial charge in [0.15, 0.2) is 0 Å². The quantitative estimate of drug-likeness (QED) is 0.588. The molecule has 1 atom stereocenters. The first-order valence-corrected chi connectivity index (χ1v) is 7.81. The Morgan fingerprint density at radius 2 is 1.84 bits per heavy atom. The number of nitrogens with zero attached hydrogens (tertiary/aromatic N) is 2. The molecule has 0 aliphatic heterocycles. The van der Waals surface area contributed by atoms with Crippen molar-refractivity contribution >= 4 is 0 Å². The second-order valence-electron chi connectivity index (χ2n) is 6.20. The van der Waals surface area contributed by atoms with Gasteiger partial charge in [-0.2, -0.15) is 0 Å². The summed E-state index contributed by atoms with van der Waals surface area (Å²) in [5.74, 6) is 0.663. The number of likely N-dealkylation sites (N-methyl/N-ethyl adjacent to an activating group) is 2. The highest BCUT2D eigenvalue weighted by atomic mass is 16.3. The molecule has 1 unspecified atom stereocenters. The predicted octanol–water partition coefficient (Wildman–Crippen LogP) is 1.01. The van der Waals surface area contributed by atoms with Gasteiger partial charge in [-0.05, 0) is 52.4 Å². The highest BCUT2D eigenvalue weighted by molar-refractivity contribution is 5.02. The second kappa shape index (κ2) is 8.20. The van der Waals surface area contributed by atoms with Crippen LogP contribution in [0.25, 0.3) is 0 Å². The third-order valence-electron chi connectivity index (χ3n) is 4.08. The topological polar surface area (TPSA) is 38.7 Å². The van der Waals surface area contributed by atoms with Gasteiger partial charge in [-0.3, -0.25) is 0 Å². The highest BCUT2D eigenvalue weighted by Crippen LogP contribution is 2.40. The first kappa shape index (κ1) is 16.9. The van der Waals surface area contributed by atoms with Crippen LogP contribution in [-0.2, 0) is 0 Å². The Morgan fingerprint density at radius 1 is 1.16 bits per heavy atom. The molecular formula is C15H33N3O. The van der Waals surface area contributed by atoms with Gasteiger partial charge >= 0.3 is 0 Å². The number of aliphatic hydroxyl groups excluding tert-OH is 1. The standard InChI is InChI=1S/C15H33N3O/c1-5-9-18(11-10-17(3)4)12-15(13-19,16-6-2)14-7-8-14/h14,16,19H,5-13H2,1-4H3. The van der Waals surface area contributed by atoms with Gasteiger partial charge < -0.3 is 20.2 Å². The van der Waals surface area contributed by atoms with Crippen molar-refractivity contribution in [3.8, 4) is 0 Å². The van der Waals surface area contributed by atoms with E-state index in [1.165, 1.54) is 19.3 Å². The minimum absolute atomic E-state index is 0.0732. The molecule has 0 spiro atoms. The predicted molar refractivity (Wildman–Crippen MR) is 81.5 cm³/mol. The molecule has 1 rings (SSSR count). The van der Waals surface area contributed by atoms with Crippen LogP contribution in [-0.4, -0.2) is 73.9 Å². The number of hydrogen-bond donors (Lipinski definition) is 2. The molecule has 1 aliphatic carbocycles. The fourth-order valence-electron chi connectivity index (χ4n) is 2.88. The van der Waals surface area contributed by atoms with Crippen molar-refractivity contribution < 1.29 is 5.11 Å². The second-order valence-corrected chi connectivity index (χ2v) is 6.20. The van der Waals surface area contributed by atoms with E-state index in [-0.39, 0.29) is 12.1 Å². The SMILES string of the molecule is CCCN(CCN(C)C)CC(CO)(NCC)C1CC1. The molecule has 0 aromatic heterocycles. The highest BCUT2D eigenvalue weighted by Gasteiger charge is 2.45. The van der Waals surface area contributed by atoms with E-state index >= 15 is 0 Å². The molecule has 0 aromatic rings. The smallest absolute Gasteiger partial charge is 0.0628 e. The molecule has 1 saturated carbocycles. The monoisotopic (exact) mass is 271 g/mol. The van der Waals surface area contributed by atoms with Crippen LogP contribution >= 0.6 is 0 Å². The Morgan fingerprint density at radius 3 is 2.26 bits per heavy atom. The van der Waals surface area contributed by atoms with Crippen molar-refractivity contribution in [1.29, 1.82) is 0 Å². The Balaban J connectivity index is 2.60. The van der Waals surface area contributed by atoms with E-state index < -0.39 is 0 Å². The van der Waals surface area contributed by atoms with Crippen LogP contribution in [0, 0.1) is 5.92 Å². The molecule has 114 valence electrons. The van der Waals surface area contributed by atoms with Crippen molar-refractivity contribution in [3.63, 3.8) is 0 Å². The van der Waals surface area contributed by atoms with Crippen LogP contribution in [0.5, 0.6) is 0 Å². The van der Waals surface area contributed by atoms with E-state index in [1.54, 1.807) is 0 Å². The summed E-state index contributed by atoms with van der Waals surface area (Å²) in [5.41, 5.74) is -0.0732. The van der Waals surface area contributed by atoms with Crippen LogP contribution < -0.4 is 5.32 Å². The van der Waals surface area contributed by atoms with E-state index in [0.29, 0.717) is 5.92 Å². The van der Waals surface area contributed by atoms with Crippen LogP contribution in [0.3, 0.4) is 0 Å². The first-order valence-electron chi connectivity index (χ1n) is 7.81. The number of hydrogen-bond acceptors (Lipinski definition) is 4.